The van der Waals surface area contributed by atoms with E-state index in [2.05, 4.69) is 58.6 Å². The molecule has 2 N–H and O–H groups in total. The first-order chi connectivity index (χ1) is 17.1. The summed E-state index contributed by atoms with van der Waals surface area (Å²) in [5.74, 6) is 1.18. The van der Waals surface area contributed by atoms with E-state index in [4.69, 9.17) is 10.7 Å². The van der Waals surface area contributed by atoms with Crippen molar-refractivity contribution < 1.29 is 0 Å². The third kappa shape index (κ3) is 3.99. The number of piperazine rings is 1. The Hall–Kier alpha value is -3.92. The third-order valence-electron chi connectivity index (χ3n) is 7.25. The van der Waals surface area contributed by atoms with Gasteiger partial charge in [-0.1, -0.05) is 6.07 Å². The van der Waals surface area contributed by atoms with Crippen LogP contribution in [-0.2, 0) is 5.54 Å². The first kappa shape index (κ1) is 21.6. The van der Waals surface area contributed by atoms with Gasteiger partial charge in [0.15, 0.2) is 0 Å². The van der Waals surface area contributed by atoms with Crippen LogP contribution in [0.5, 0.6) is 0 Å². The van der Waals surface area contributed by atoms with Crippen LogP contribution >= 0.6 is 0 Å². The van der Waals surface area contributed by atoms with Crippen molar-refractivity contribution in [2.75, 3.05) is 43.9 Å². The Morgan fingerprint density at radius 1 is 0.771 bits per heavy atom. The van der Waals surface area contributed by atoms with Crippen LogP contribution in [0.15, 0.2) is 55.6 Å². The summed E-state index contributed by atoms with van der Waals surface area (Å²) in [7, 11) is 2.15. The molecule has 5 heterocycles. The highest BCUT2D eigenvalue weighted by Gasteiger charge is 2.41. The number of aromatic nitrogens is 7. The van der Waals surface area contributed by atoms with Gasteiger partial charge in [-0.25, -0.2) is 24.9 Å². The molecule has 178 valence electrons. The molecule has 0 atom stereocenters. The molecule has 0 unspecified atom stereocenters. The number of likely N-dealkylation sites (N-methyl/N-ethyl adjacent to an activating group) is 1. The number of anilines is 2. The monoisotopic (exact) mass is 468 g/mol. The number of hydrogen-bond donors (Lipinski definition) is 1. The lowest BCUT2D eigenvalue weighted by molar-refractivity contribution is 0.196. The van der Waals surface area contributed by atoms with Crippen LogP contribution in [0.1, 0.15) is 24.8 Å². The Kier molecular flexibility index (Phi) is 5.37. The summed E-state index contributed by atoms with van der Waals surface area (Å²) in [4.78, 5) is 31.5. The van der Waals surface area contributed by atoms with Crippen LogP contribution in [-0.4, -0.2) is 72.6 Å². The van der Waals surface area contributed by atoms with Gasteiger partial charge in [0.1, 0.15) is 17.2 Å². The number of nitrogens with two attached hydrogens (primary N) is 1. The molecule has 10 nitrogen and oxygen atoms in total. The van der Waals surface area contributed by atoms with Gasteiger partial charge < -0.3 is 20.1 Å². The predicted molar refractivity (Wildman–Crippen MR) is 134 cm³/mol. The normalized spacial score (nSPS) is 17.8. The zero-order chi connectivity index (χ0) is 23.8. The maximum Gasteiger partial charge on any atom is 0.219 e. The number of imidazole rings is 1. The minimum Gasteiger partial charge on any atom is -0.368 e. The topological polar surface area (TPSA) is 115 Å². The van der Waals surface area contributed by atoms with Crippen molar-refractivity contribution in [3.63, 3.8) is 0 Å². The van der Waals surface area contributed by atoms with Crippen molar-refractivity contribution >= 4 is 11.8 Å². The van der Waals surface area contributed by atoms with Gasteiger partial charge in [0.25, 0.3) is 0 Å². The second kappa shape index (κ2) is 8.70. The smallest absolute Gasteiger partial charge is 0.219 e. The minimum atomic E-state index is -0.137. The first-order valence-electron chi connectivity index (χ1n) is 12.0. The summed E-state index contributed by atoms with van der Waals surface area (Å²) in [6, 6.07) is 4.16. The molecule has 0 radical (unpaired) electrons. The molecule has 0 bridgehead atoms. The van der Waals surface area contributed by atoms with Gasteiger partial charge in [-0.2, -0.15) is 0 Å². The van der Waals surface area contributed by atoms with E-state index in [9.17, 15) is 0 Å². The zero-order valence-electron chi connectivity index (χ0n) is 19.7. The van der Waals surface area contributed by atoms with E-state index in [0.717, 1.165) is 67.5 Å². The van der Waals surface area contributed by atoms with Crippen LogP contribution in [0.2, 0.25) is 0 Å². The Morgan fingerprint density at radius 2 is 1.54 bits per heavy atom. The molecular formula is C25H28N10. The fourth-order valence-corrected chi connectivity index (χ4v) is 4.86. The maximum atomic E-state index is 5.60. The molecule has 2 aliphatic rings. The number of rotatable bonds is 5. The summed E-state index contributed by atoms with van der Waals surface area (Å²) in [6.07, 6.45) is 16.3. The van der Waals surface area contributed by atoms with Crippen molar-refractivity contribution in [3.05, 3.63) is 61.2 Å². The van der Waals surface area contributed by atoms with Gasteiger partial charge >= 0.3 is 0 Å². The van der Waals surface area contributed by atoms with Gasteiger partial charge in [0.2, 0.25) is 5.95 Å². The SMILES string of the molecule is CN1CCN(c2cnc(-c3cn(C4(c5ccc(-c6cnc(N)nc6)nc5)CCC4)cn3)cn2)CC1. The van der Waals surface area contributed by atoms with Crippen molar-refractivity contribution in [2.45, 2.75) is 24.8 Å². The molecule has 35 heavy (non-hydrogen) atoms. The molecule has 4 aromatic rings. The van der Waals surface area contributed by atoms with Crippen LogP contribution in [0, 0.1) is 0 Å². The molecule has 1 saturated heterocycles. The Labute approximate surface area is 203 Å². The predicted octanol–water partition coefficient (Wildman–Crippen LogP) is 2.45. The average molecular weight is 469 g/mol. The van der Waals surface area contributed by atoms with Gasteiger partial charge in [0, 0.05) is 56.5 Å². The lowest BCUT2D eigenvalue weighted by Gasteiger charge is -2.43. The van der Waals surface area contributed by atoms with Gasteiger partial charge in [-0.05, 0) is 37.9 Å². The van der Waals surface area contributed by atoms with Crippen molar-refractivity contribution in [3.8, 4) is 22.6 Å². The number of nitrogen functional groups attached to an aromatic ring is 1. The van der Waals surface area contributed by atoms with E-state index in [1.54, 1.807) is 12.4 Å². The molecule has 0 spiro atoms. The van der Waals surface area contributed by atoms with Crippen LogP contribution in [0.4, 0.5) is 11.8 Å². The molecule has 0 amide bonds. The second-order valence-corrected chi connectivity index (χ2v) is 9.36. The van der Waals surface area contributed by atoms with Crippen molar-refractivity contribution in [1.82, 2.24) is 39.4 Å². The van der Waals surface area contributed by atoms with E-state index >= 15 is 0 Å². The number of hydrogen-bond acceptors (Lipinski definition) is 9. The van der Waals surface area contributed by atoms with Crippen LogP contribution in [0.25, 0.3) is 22.6 Å². The summed E-state index contributed by atoms with van der Waals surface area (Å²) in [6.45, 7) is 4.03. The highest BCUT2D eigenvalue weighted by molar-refractivity contribution is 5.58. The molecule has 0 aromatic carbocycles. The molecule has 2 fully saturated rings. The van der Waals surface area contributed by atoms with E-state index in [0.29, 0.717) is 0 Å². The highest BCUT2D eigenvalue weighted by atomic mass is 15.3. The maximum absolute atomic E-state index is 5.60. The number of nitrogens with zero attached hydrogens (tertiary/aromatic N) is 9. The summed E-state index contributed by atoms with van der Waals surface area (Å²) in [5.41, 5.74) is 9.92. The zero-order valence-corrected chi connectivity index (χ0v) is 19.7. The van der Waals surface area contributed by atoms with Crippen LogP contribution < -0.4 is 10.6 Å². The fourth-order valence-electron chi connectivity index (χ4n) is 4.86. The lowest BCUT2D eigenvalue weighted by Crippen LogP contribution is -2.44. The fraction of sp³-hybridized carbons (Fsp3) is 0.360. The Bertz CT molecular complexity index is 1290. The Morgan fingerprint density at radius 3 is 2.17 bits per heavy atom. The summed E-state index contributed by atoms with van der Waals surface area (Å²) in [5, 5.41) is 0. The van der Waals surface area contributed by atoms with E-state index in [-0.39, 0.29) is 11.5 Å². The van der Waals surface area contributed by atoms with Gasteiger partial charge in [-0.3, -0.25) is 4.98 Å². The van der Waals surface area contributed by atoms with E-state index in [1.165, 1.54) is 12.0 Å². The lowest BCUT2D eigenvalue weighted by atomic mass is 9.72. The molecule has 4 aromatic heterocycles. The van der Waals surface area contributed by atoms with E-state index in [1.807, 2.05) is 31.0 Å². The van der Waals surface area contributed by atoms with Crippen molar-refractivity contribution in [1.29, 1.82) is 0 Å². The quantitative estimate of drug-likeness (QED) is 0.471. The summed E-state index contributed by atoms with van der Waals surface area (Å²) < 4.78 is 2.21. The van der Waals surface area contributed by atoms with Crippen molar-refractivity contribution in [2.24, 2.45) is 0 Å². The molecule has 10 heteroatoms. The third-order valence-corrected chi connectivity index (χ3v) is 7.25. The largest absolute Gasteiger partial charge is 0.368 e. The van der Waals surface area contributed by atoms with Crippen LogP contribution in [0.3, 0.4) is 0 Å². The summed E-state index contributed by atoms with van der Waals surface area (Å²) >= 11 is 0. The van der Waals surface area contributed by atoms with Gasteiger partial charge in [-0.15, -0.1) is 0 Å². The average Bonchev–Trinajstić information content (AvgIpc) is 3.35. The van der Waals surface area contributed by atoms with Gasteiger partial charge in [0.05, 0.1) is 30.0 Å². The Balaban J connectivity index is 1.22. The number of pyridine rings is 1. The molecular weight excluding hydrogens is 440 g/mol. The highest BCUT2D eigenvalue weighted by Crippen LogP contribution is 2.45. The molecule has 1 aliphatic heterocycles. The minimum absolute atomic E-state index is 0.137. The molecule has 1 saturated carbocycles. The molecule has 1 aliphatic carbocycles. The standard InChI is InChI=1S/C25H28N10/c1-33-7-9-34(10-8-33)23-15-28-21(14-29-23)22-16-35(17-32-22)25(5-2-6-25)19-3-4-20(27-13-19)18-11-30-24(26)31-12-18/h3-4,11-17H,2,5-10H2,1H3,(H2,26,30,31). The molecule has 6 rings (SSSR count). The first-order valence-corrected chi connectivity index (χ1v) is 12.0. The van der Waals surface area contributed by atoms with E-state index < -0.39 is 0 Å². The second-order valence-electron chi connectivity index (χ2n) is 9.36.